The SMILES string of the molecule is COCC1CCN(Cc2cc(C(=O)O)ccc2F)CC1. The van der Waals surface area contributed by atoms with Crippen molar-refractivity contribution in [2.75, 3.05) is 26.8 Å². The van der Waals surface area contributed by atoms with Crippen LogP contribution in [0.25, 0.3) is 0 Å². The number of hydrogen-bond acceptors (Lipinski definition) is 3. The minimum atomic E-state index is -1.02. The van der Waals surface area contributed by atoms with Crippen LogP contribution in [0, 0.1) is 11.7 Å². The Hall–Kier alpha value is -1.46. The first kappa shape index (κ1) is 14.9. The van der Waals surface area contributed by atoms with Gasteiger partial charge < -0.3 is 9.84 Å². The number of carboxylic acids is 1. The van der Waals surface area contributed by atoms with Crippen molar-refractivity contribution in [3.05, 3.63) is 35.1 Å². The van der Waals surface area contributed by atoms with Crippen LogP contribution in [0.5, 0.6) is 0 Å². The molecule has 4 nitrogen and oxygen atoms in total. The molecule has 0 saturated carbocycles. The van der Waals surface area contributed by atoms with Crippen molar-refractivity contribution >= 4 is 5.97 Å². The van der Waals surface area contributed by atoms with E-state index in [0.29, 0.717) is 18.0 Å². The Morgan fingerprint density at radius 3 is 2.75 bits per heavy atom. The summed E-state index contributed by atoms with van der Waals surface area (Å²) in [4.78, 5) is 13.1. The van der Waals surface area contributed by atoms with Gasteiger partial charge in [0.1, 0.15) is 5.82 Å². The second kappa shape index (κ2) is 6.81. The maximum Gasteiger partial charge on any atom is 0.335 e. The molecule has 1 aliphatic rings. The largest absolute Gasteiger partial charge is 0.478 e. The number of piperidine rings is 1. The number of rotatable bonds is 5. The third-order valence-electron chi connectivity index (χ3n) is 3.80. The van der Waals surface area contributed by atoms with Crippen LogP contribution in [0.2, 0.25) is 0 Å². The zero-order valence-electron chi connectivity index (χ0n) is 11.6. The van der Waals surface area contributed by atoms with Crippen LogP contribution in [-0.4, -0.2) is 42.8 Å². The highest BCUT2D eigenvalue weighted by Crippen LogP contribution is 2.20. The fraction of sp³-hybridized carbons (Fsp3) is 0.533. The van der Waals surface area contributed by atoms with E-state index in [1.54, 1.807) is 7.11 Å². The topological polar surface area (TPSA) is 49.8 Å². The quantitative estimate of drug-likeness (QED) is 0.900. The molecule has 1 heterocycles. The van der Waals surface area contributed by atoms with Crippen LogP contribution < -0.4 is 0 Å². The Kier molecular flexibility index (Phi) is 5.09. The highest BCUT2D eigenvalue weighted by Gasteiger charge is 2.20. The minimum absolute atomic E-state index is 0.135. The fourth-order valence-electron chi connectivity index (χ4n) is 2.62. The number of nitrogens with zero attached hydrogens (tertiary/aromatic N) is 1. The maximum atomic E-state index is 13.7. The summed E-state index contributed by atoms with van der Waals surface area (Å²) in [7, 11) is 1.71. The van der Waals surface area contributed by atoms with Gasteiger partial charge in [-0.05, 0) is 50.0 Å². The summed E-state index contributed by atoms with van der Waals surface area (Å²) >= 11 is 0. The Morgan fingerprint density at radius 2 is 2.15 bits per heavy atom. The number of aromatic carboxylic acids is 1. The van der Waals surface area contributed by atoms with Crippen LogP contribution in [-0.2, 0) is 11.3 Å². The molecule has 20 heavy (non-hydrogen) atoms. The van der Waals surface area contributed by atoms with Crippen LogP contribution in [0.3, 0.4) is 0 Å². The summed E-state index contributed by atoms with van der Waals surface area (Å²) in [5.74, 6) is -0.787. The van der Waals surface area contributed by atoms with E-state index in [9.17, 15) is 9.18 Å². The molecule has 0 aliphatic carbocycles. The summed E-state index contributed by atoms with van der Waals surface area (Å²) < 4.78 is 18.9. The molecular formula is C15H20FNO3. The fourth-order valence-corrected chi connectivity index (χ4v) is 2.62. The number of carboxylic acid groups (broad SMARTS) is 1. The van der Waals surface area contributed by atoms with Gasteiger partial charge in [-0.2, -0.15) is 0 Å². The van der Waals surface area contributed by atoms with E-state index < -0.39 is 5.97 Å². The lowest BCUT2D eigenvalue weighted by molar-refractivity contribution is 0.0696. The lowest BCUT2D eigenvalue weighted by Crippen LogP contribution is -2.34. The van der Waals surface area contributed by atoms with Gasteiger partial charge in [0.15, 0.2) is 0 Å². The van der Waals surface area contributed by atoms with Gasteiger partial charge in [0.25, 0.3) is 0 Å². The molecule has 1 aliphatic heterocycles. The molecule has 1 aromatic rings. The predicted molar refractivity (Wildman–Crippen MR) is 73.2 cm³/mol. The smallest absolute Gasteiger partial charge is 0.335 e. The van der Waals surface area contributed by atoms with E-state index in [1.165, 1.54) is 18.2 Å². The summed E-state index contributed by atoms with van der Waals surface area (Å²) in [5, 5.41) is 8.95. The molecule has 0 aromatic heterocycles. The van der Waals surface area contributed by atoms with Gasteiger partial charge in [0.05, 0.1) is 5.56 Å². The normalized spacial score (nSPS) is 17.3. The Labute approximate surface area is 118 Å². The molecule has 1 saturated heterocycles. The first-order valence-corrected chi connectivity index (χ1v) is 6.83. The second-order valence-corrected chi connectivity index (χ2v) is 5.29. The Balaban J connectivity index is 1.97. The maximum absolute atomic E-state index is 13.7. The molecule has 0 amide bonds. The van der Waals surface area contributed by atoms with Crippen molar-refractivity contribution in [1.82, 2.24) is 4.90 Å². The molecule has 110 valence electrons. The van der Waals surface area contributed by atoms with Crippen molar-refractivity contribution in [1.29, 1.82) is 0 Å². The molecule has 5 heteroatoms. The third-order valence-corrected chi connectivity index (χ3v) is 3.80. The van der Waals surface area contributed by atoms with Gasteiger partial charge in [-0.15, -0.1) is 0 Å². The standard InChI is InChI=1S/C15H20FNO3/c1-20-10-11-4-6-17(7-5-11)9-13-8-12(15(18)19)2-3-14(13)16/h2-3,8,11H,4-7,9-10H2,1H3,(H,18,19). The molecule has 1 fully saturated rings. The van der Waals surface area contributed by atoms with Crippen molar-refractivity contribution in [2.24, 2.45) is 5.92 Å². The Morgan fingerprint density at radius 1 is 1.45 bits per heavy atom. The lowest BCUT2D eigenvalue weighted by Gasteiger charge is -2.31. The number of ether oxygens (including phenoxy) is 1. The van der Waals surface area contributed by atoms with E-state index in [-0.39, 0.29) is 11.4 Å². The number of hydrogen-bond donors (Lipinski definition) is 1. The van der Waals surface area contributed by atoms with Gasteiger partial charge in [0.2, 0.25) is 0 Å². The summed E-state index contributed by atoms with van der Waals surface area (Å²) in [6, 6.07) is 3.96. The average Bonchev–Trinajstić information content (AvgIpc) is 2.43. The second-order valence-electron chi connectivity index (χ2n) is 5.29. The first-order valence-electron chi connectivity index (χ1n) is 6.83. The monoisotopic (exact) mass is 281 g/mol. The van der Waals surface area contributed by atoms with Crippen LogP contribution in [0.15, 0.2) is 18.2 Å². The van der Waals surface area contributed by atoms with E-state index >= 15 is 0 Å². The van der Waals surface area contributed by atoms with Crippen molar-refractivity contribution in [3.63, 3.8) is 0 Å². The molecule has 1 N–H and O–H groups in total. The Bertz CT molecular complexity index is 470. The zero-order valence-corrected chi connectivity index (χ0v) is 11.6. The van der Waals surface area contributed by atoms with Gasteiger partial charge in [-0.25, -0.2) is 9.18 Å². The molecule has 2 rings (SSSR count). The van der Waals surface area contributed by atoms with Gasteiger partial charge in [-0.3, -0.25) is 4.90 Å². The molecule has 0 unspecified atom stereocenters. The number of carbonyl (C=O) groups is 1. The van der Waals surface area contributed by atoms with Crippen LogP contribution >= 0.6 is 0 Å². The molecule has 0 atom stereocenters. The van der Waals surface area contributed by atoms with Gasteiger partial charge >= 0.3 is 5.97 Å². The predicted octanol–water partition coefficient (Wildman–Crippen LogP) is 2.38. The number of methoxy groups -OCH3 is 1. The van der Waals surface area contributed by atoms with Crippen molar-refractivity contribution in [2.45, 2.75) is 19.4 Å². The first-order chi connectivity index (χ1) is 9.60. The van der Waals surface area contributed by atoms with Crippen LogP contribution in [0.4, 0.5) is 4.39 Å². The molecule has 1 aromatic carbocycles. The highest BCUT2D eigenvalue weighted by atomic mass is 19.1. The summed E-state index contributed by atoms with van der Waals surface area (Å²) in [6.07, 6.45) is 2.07. The minimum Gasteiger partial charge on any atom is -0.478 e. The van der Waals surface area contributed by atoms with Gasteiger partial charge in [-0.1, -0.05) is 0 Å². The molecule has 0 spiro atoms. The highest BCUT2D eigenvalue weighted by molar-refractivity contribution is 5.87. The van der Waals surface area contributed by atoms with Crippen LogP contribution in [0.1, 0.15) is 28.8 Å². The van der Waals surface area contributed by atoms with E-state index in [0.717, 1.165) is 32.5 Å². The number of likely N-dealkylation sites (tertiary alicyclic amines) is 1. The summed E-state index contributed by atoms with van der Waals surface area (Å²) in [5.41, 5.74) is 0.589. The third kappa shape index (κ3) is 3.77. The molecule has 0 radical (unpaired) electrons. The van der Waals surface area contributed by atoms with E-state index in [2.05, 4.69) is 4.90 Å². The molecule has 0 bridgehead atoms. The summed E-state index contributed by atoms with van der Waals surface area (Å²) in [6.45, 7) is 3.03. The van der Waals surface area contributed by atoms with Crippen molar-refractivity contribution < 1.29 is 19.0 Å². The van der Waals surface area contributed by atoms with Gasteiger partial charge in [0, 0.05) is 25.8 Å². The van der Waals surface area contributed by atoms with E-state index in [1.807, 2.05) is 0 Å². The zero-order chi connectivity index (χ0) is 14.5. The number of halogens is 1. The van der Waals surface area contributed by atoms with Crippen molar-refractivity contribution in [3.8, 4) is 0 Å². The molecular weight excluding hydrogens is 261 g/mol. The average molecular weight is 281 g/mol. The lowest BCUT2D eigenvalue weighted by atomic mass is 9.97. The number of benzene rings is 1. The van der Waals surface area contributed by atoms with E-state index in [4.69, 9.17) is 9.84 Å².